The van der Waals surface area contributed by atoms with Gasteiger partial charge in [0.1, 0.15) is 5.75 Å². The first-order valence-corrected chi connectivity index (χ1v) is 6.34. The standard InChI is InChI=1S/C14H19NO3/c1-3-13-11(6-7-18-13)14(17)15-12-5-4-10(16)8-9(12)2/h4-5,8,11,13,16H,3,6-7H2,1-2H3,(H,15,17). The maximum absolute atomic E-state index is 12.2. The lowest BCUT2D eigenvalue weighted by Crippen LogP contribution is -2.29. The van der Waals surface area contributed by atoms with Gasteiger partial charge < -0.3 is 15.2 Å². The molecule has 1 saturated heterocycles. The molecule has 2 N–H and O–H groups in total. The van der Waals surface area contributed by atoms with Crippen LogP contribution in [0.15, 0.2) is 18.2 Å². The van der Waals surface area contributed by atoms with Crippen LogP contribution in [0, 0.1) is 12.8 Å². The number of ether oxygens (including phenoxy) is 1. The molecule has 1 heterocycles. The van der Waals surface area contributed by atoms with Gasteiger partial charge in [-0.3, -0.25) is 4.79 Å². The molecule has 1 aliphatic heterocycles. The molecule has 0 aliphatic carbocycles. The minimum Gasteiger partial charge on any atom is -0.508 e. The van der Waals surface area contributed by atoms with Gasteiger partial charge in [0.15, 0.2) is 0 Å². The maximum Gasteiger partial charge on any atom is 0.230 e. The Morgan fingerprint density at radius 1 is 1.56 bits per heavy atom. The smallest absolute Gasteiger partial charge is 0.230 e. The number of rotatable bonds is 3. The molecule has 98 valence electrons. The Morgan fingerprint density at radius 2 is 2.33 bits per heavy atom. The van der Waals surface area contributed by atoms with Gasteiger partial charge in [-0.25, -0.2) is 0 Å². The van der Waals surface area contributed by atoms with E-state index in [0.717, 1.165) is 24.1 Å². The Hall–Kier alpha value is -1.55. The SMILES string of the molecule is CCC1OCCC1C(=O)Nc1ccc(O)cc1C. The number of phenols is 1. The molecule has 0 radical (unpaired) electrons. The normalized spacial score (nSPS) is 23.0. The molecule has 18 heavy (non-hydrogen) atoms. The minimum atomic E-state index is -0.0665. The Bertz CT molecular complexity index is 445. The summed E-state index contributed by atoms with van der Waals surface area (Å²) in [6.07, 6.45) is 1.66. The van der Waals surface area contributed by atoms with Crippen molar-refractivity contribution in [1.82, 2.24) is 0 Å². The van der Waals surface area contributed by atoms with Crippen LogP contribution in [0.2, 0.25) is 0 Å². The van der Waals surface area contributed by atoms with Gasteiger partial charge in [0, 0.05) is 12.3 Å². The first-order valence-electron chi connectivity index (χ1n) is 6.34. The monoisotopic (exact) mass is 249 g/mol. The lowest BCUT2D eigenvalue weighted by Gasteiger charge is -2.17. The highest BCUT2D eigenvalue weighted by Gasteiger charge is 2.32. The van der Waals surface area contributed by atoms with E-state index in [9.17, 15) is 9.90 Å². The van der Waals surface area contributed by atoms with Crippen LogP contribution in [-0.4, -0.2) is 23.7 Å². The third-order valence-electron chi connectivity index (χ3n) is 3.42. The summed E-state index contributed by atoms with van der Waals surface area (Å²) in [5.41, 5.74) is 1.61. The highest BCUT2D eigenvalue weighted by Crippen LogP contribution is 2.26. The van der Waals surface area contributed by atoms with E-state index in [1.165, 1.54) is 0 Å². The van der Waals surface area contributed by atoms with Gasteiger partial charge in [0.25, 0.3) is 0 Å². The molecule has 1 aliphatic rings. The van der Waals surface area contributed by atoms with E-state index in [2.05, 4.69) is 5.32 Å². The van der Waals surface area contributed by atoms with Crippen LogP contribution in [0.3, 0.4) is 0 Å². The van der Waals surface area contributed by atoms with E-state index in [1.54, 1.807) is 18.2 Å². The molecule has 2 unspecified atom stereocenters. The maximum atomic E-state index is 12.2. The van der Waals surface area contributed by atoms with Crippen molar-refractivity contribution in [3.05, 3.63) is 23.8 Å². The number of amides is 1. The number of carbonyl (C=O) groups is 1. The molecule has 0 saturated carbocycles. The number of aryl methyl sites for hydroxylation is 1. The van der Waals surface area contributed by atoms with Crippen molar-refractivity contribution in [3.63, 3.8) is 0 Å². The summed E-state index contributed by atoms with van der Waals surface area (Å²) < 4.78 is 5.52. The van der Waals surface area contributed by atoms with Crippen LogP contribution in [0.4, 0.5) is 5.69 Å². The number of nitrogens with one attached hydrogen (secondary N) is 1. The Kier molecular flexibility index (Phi) is 3.87. The average Bonchev–Trinajstić information content (AvgIpc) is 2.81. The molecule has 1 aromatic rings. The number of carbonyl (C=O) groups excluding carboxylic acids is 1. The van der Waals surface area contributed by atoms with Crippen molar-refractivity contribution < 1.29 is 14.6 Å². The average molecular weight is 249 g/mol. The predicted molar refractivity (Wildman–Crippen MR) is 69.6 cm³/mol. The van der Waals surface area contributed by atoms with Gasteiger partial charge in [-0.05, 0) is 43.5 Å². The molecule has 1 fully saturated rings. The van der Waals surface area contributed by atoms with Gasteiger partial charge in [-0.2, -0.15) is 0 Å². The van der Waals surface area contributed by atoms with Crippen LogP contribution in [-0.2, 0) is 9.53 Å². The summed E-state index contributed by atoms with van der Waals surface area (Å²) >= 11 is 0. The van der Waals surface area contributed by atoms with Crippen molar-refractivity contribution in [3.8, 4) is 5.75 Å². The van der Waals surface area contributed by atoms with Crippen molar-refractivity contribution in [2.75, 3.05) is 11.9 Å². The van der Waals surface area contributed by atoms with Crippen molar-refractivity contribution in [1.29, 1.82) is 0 Å². The van der Waals surface area contributed by atoms with Crippen LogP contribution in [0.1, 0.15) is 25.3 Å². The predicted octanol–water partition coefficient (Wildman–Crippen LogP) is 2.45. The van der Waals surface area contributed by atoms with E-state index >= 15 is 0 Å². The van der Waals surface area contributed by atoms with E-state index in [4.69, 9.17) is 4.74 Å². The second-order valence-corrected chi connectivity index (χ2v) is 4.70. The summed E-state index contributed by atoms with van der Waals surface area (Å²) in [4.78, 5) is 12.2. The van der Waals surface area contributed by atoms with Gasteiger partial charge in [0.2, 0.25) is 5.91 Å². The largest absolute Gasteiger partial charge is 0.508 e. The third kappa shape index (κ3) is 2.64. The molecule has 1 amide bonds. The fourth-order valence-corrected chi connectivity index (χ4v) is 2.36. The molecule has 0 aromatic heterocycles. The molecule has 4 nitrogen and oxygen atoms in total. The Morgan fingerprint density at radius 3 is 3.00 bits per heavy atom. The fourth-order valence-electron chi connectivity index (χ4n) is 2.36. The number of phenolic OH excluding ortho intramolecular Hbond substituents is 1. The van der Waals surface area contributed by atoms with Crippen molar-refractivity contribution >= 4 is 11.6 Å². The lowest BCUT2D eigenvalue weighted by atomic mass is 9.98. The minimum absolute atomic E-state index is 0.00754. The zero-order chi connectivity index (χ0) is 13.1. The first-order chi connectivity index (χ1) is 8.61. The highest BCUT2D eigenvalue weighted by atomic mass is 16.5. The first kappa shape index (κ1) is 12.9. The zero-order valence-corrected chi connectivity index (χ0v) is 10.8. The molecule has 4 heteroatoms. The van der Waals surface area contributed by atoms with E-state index < -0.39 is 0 Å². The van der Waals surface area contributed by atoms with Crippen LogP contribution < -0.4 is 5.32 Å². The lowest BCUT2D eigenvalue weighted by molar-refractivity contribution is -0.121. The number of benzene rings is 1. The van der Waals surface area contributed by atoms with Crippen molar-refractivity contribution in [2.45, 2.75) is 32.8 Å². The fraction of sp³-hybridized carbons (Fsp3) is 0.500. The molecular weight excluding hydrogens is 230 g/mol. The van der Waals surface area contributed by atoms with Crippen molar-refractivity contribution in [2.24, 2.45) is 5.92 Å². The number of anilines is 1. The van der Waals surface area contributed by atoms with Gasteiger partial charge in [-0.15, -0.1) is 0 Å². The van der Waals surface area contributed by atoms with Crippen LogP contribution in [0.25, 0.3) is 0 Å². The molecule has 2 rings (SSSR count). The van der Waals surface area contributed by atoms with Gasteiger partial charge in [0.05, 0.1) is 12.0 Å². The van der Waals surface area contributed by atoms with E-state index in [-0.39, 0.29) is 23.7 Å². The third-order valence-corrected chi connectivity index (χ3v) is 3.42. The molecular formula is C14H19NO3. The number of hydrogen-bond acceptors (Lipinski definition) is 3. The van der Waals surface area contributed by atoms with Gasteiger partial charge >= 0.3 is 0 Å². The number of hydrogen-bond donors (Lipinski definition) is 2. The Labute approximate surface area is 107 Å². The molecule has 0 spiro atoms. The van der Waals surface area contributed by atoms with E-state index in [0.29, 0.717) is 6.61 Å². The summed E-state index contributed by atoms with van der Waals surface area (Å²) in [6.45, 7) is 4.55. The van der Waals surface area contributed by atoms with Crippen LogP contribution in [0.5, 0.6) is 5.75 Å². The number of aromatic hydroxyl groups is 1. The molecule has 0 bridgehead atoms. The topological polar surface area (TPSA) is 58.6 Å². The zero-order valence-electron chi connectivity index (χ0n) is 10.8. The van der Waals surface area contributed by atoms with Gasteiger partial charge in [-0.1, -0.05) is 6.92 Å². The Balaban J connectivity index is 2.07. The van der Waals surface area contributed by atoms with E-state index in [1.807, 2.05) is 13.8 Å². The second-order valence-electron chi connectivity index (χ2n) is 4.70. The summed E-state index contributed by atoms with van der Waals surface area (Å²) in [5, 5.41) is 12.2. The second kappa shape index (κ2) is 5.40. The summed E-state index contributed by atoms with van der Waals surface area (Å²) in [7, 11) is 0. The highest BCUT2D eigenvalue weighted by molar-refractivity contribution is 5.93. The van der Waals surface area contributed by atoms with Crippen LogP contribution >= 0.6 is 0 Å². The summed E-state index contributed by atoms with van der Waals surface area (Å²) in [5.74, 6) is 0.150. The molecule has 1 aromatic carbocycles. The quantitative estimate of drug-likeness (QED) is 0.809. The molecule has 2 atom stereocenters. The summed E-state index contributed by atoms with van der Waals surface area (Å²) in [6, 6.07) is 4.93.